The maximum Gasteiger partial charge on any atom is 0.217 e. The zero-order chi connectivity index (χ0) is 71.5. The van der Waals surface area contributed by atoms with Crippen molar-refractivity contribution in [3.8, 4) is 0 Å². The van der Waals surface area contributed by atoms with Gasteiger partial charge in [0.25, 0.3) is 0 Å². The van der Waals surface area contributed by atoms with E-state index in [0.29, 0.717) is 0 Å². The van der Waals surface area contributed by atoms with E-state index >= 15 is 0 Å². The van der Waals surface area contributed by atoms with E-state index in [2.05, 4.69) is 16.0 Å². The third-order valence-corrected chi connectivity index (χ3v) is 17.8. The molecule has 0 spiro atoms. The fourth-order valence-electron chi connectivity index (χ4n) is 12.6. The minimum absolute atomic E-state index is 0.836. The Hall–Kier alpha value is -3.07. The molecule has 25 N–H and O–H groups in total. The Labute approximate surface area is 549 Å². The van der Waals surface area contributed by atoms with Crippen LogP contribution in [0.3, 0.4) is 0 Å². The lowest BCUT2D eigenvalue weighted by atomic mass is 9.93. The van der Waals surface area contributed by atoms with Crippen LogP contribution < -0.4 is 16.0 Å². The lowest BCUT2D eigenvalue weighted by molar-refractivity contribution is -0.401. The first kappa shape index (κ1) is 79.6. The van der Waals surface area contributed by atoms with Gasteiger partial charge in [-0.25, -0.2) is 0 Å². The van der Waals surface area contributed by atoms with Crippen LogP contribution in [-0.4, -0.2) is 422 Å². The van der Waals surface area contributed by atoms with E-state index in [4.69, 9.17) is 71.1 Å². The molecule has 3 amide bonds. The summed E-state index contributed by atoms with van der Waals surface area (Å²) in [6.45, 7) is -3.38. The number of hydrogen-bond acceptors (Lipinski definition) is 40. The van der Waals surface area contributed by atoms with Crippen LogP contribution in [0.2, 0.25) is 0 Å². The molecule has 97 heavy (non-hydrogen) atoms. The number of aliphatic hydroxyl groups excluding tert-OH is 22. The van der Waals surface area contributed by atoms with Crippen LogP contribution in [-0.2, 0) is 85.4 Å². The normalized spacial score (nSPS) is 49.9. The topological polar surface area (TPSA) is 671 Å². The Morgan fingerprint density at radius 1 is 0.268 bits per heavy atom. The molecule has 8 aliphatic rings. The molecule has 0 radical (unpaired) electrons. The zero-order valence-corrected chi connectivity index (χ0v) is 52.2. The molecule has 0 saturated carbocycles. The molecule has 43 nitrogen and oxygen atoms in total. The SMILES string of the molecule is CC(=O)N[C@H]1[C@@H](O[C@H]2[C@@H](O)[C@@H](CO)O[C@@H](O[C@H]3[C@H](O)[C@@H](CO)O[C@@H](O[C@H]4[C@@H](O)[C@@H](CO)O[C@@H](O[C@H]5[C@H](O)[C@@H](CO)O[C@@H](O[C@H]6[C@@H](O)[C@@H](CO)O[C@@H](O[C@H]7[C@H](O)[C@@H](O)[C@H](O)O[C@@H]7CO)[C@@H]6O)[C@@H]5NC(C)=O)[C@@H]4O)[C@@H]3NC(C)=O)[C@@H]2O[C@@H]2O[C@@H](C)[C@@H](O)[C@@H](O)[C@@H]2O)O[C@H](CO)[C@H](O)[C@@H]1O. The highest BCUT2D eigenvalue weighted by atomic mass is 16.8. The first-order chi connectivity index (χ1) is 45.9. The van der Waals surface area contributed by atoms with Gasteiger partial charge in [-0.2, -0.15) is 0 Å². The Morgan fingerprint density at radius 2 is 0.577 bits per heavy atom. The van der Waals surface area contributed by atoms with E-state index in [1.54, 1.807) is 0 Å². The molecule has 562 valence electrons. The summed E-state index contributed by atoms with van der Waals surface area (Å²) in [4.78, 5) is 38.8. The third kappa shape index (κ3) is 17.3. The highest BCUT2D eigenvalue weighted by Crippen LogP contribution is 2.40. The molecule has 0 unspecified atom stereocenters. The molecular weight excluding hydrogens is 1330 g/mol. The summed E-state index contributed by atoms with van der Waals surface area (Å²) in [6, 6.07) is -5.65. The van der Waals surface area contributed by atoms with Gasteiger partial charge in [0.2, 0.25) is 17.7 Å². The third-order valence-electron chi connectivity index (χ3n) is 17.8. The summed E-state index contributed by atoms with van der Waals surface area (Å²) in [6.07, 6.45) is -74.6. The summed E-state index contributed by atoms with van der Waals surface area (Å²) in [5.41, 5.74) is 0. The number of nitrogens with one attached hydrogen (secondary N) is 3. The van der Waals surface area contributed by atoms with Crippen LogP contribution in [0.5, 0.6) is 0 Å². The molecule has 8 aliphatic heterocycles. The van der Waals surface area contributed by atoms with E-state index in [0.717, 1.165) is 20.8 Å². The van der Waals surface area contributed by atoms with Gasteiger partial charge in [0, 0.05) is 20.8 Å². The molecule has 0 bridgehead atoms. The van der Waals surface area contributed by atoms with E-state index in [1.165, 1.54) is 6.92 Å². The van der Waals surface area contributed by atoms with Gasteiger partial charge in [0.1, 0.15) is 189 Å². The van der Waals surface area contributed by atoms with Crippen molar-refractivity contribution < 1.29 is 198 Å². The van der Waals surface area contributed by atoms with E-state index in [-0.39, 0.29) is 0 Å². The summed E-state index contributed by atoms with van der Waals surface area (Å²) in [5, 5.41) is 249. The Balaban J connectivity index is 1.10. The summed E-state index contributed by atoms with van der Waals surface area (Å²) < 4.78 is 88.5. The minimum atomic E-state index is -2.42. The van der Waals surface area contributed by atoms with Crippen LogP contribution in [0, 0.1) is 0 Å². The van der Waals surface area contributed by atoms with Crippen LogP contribution in [0.1, 0.15) is 27.7 Å². The quantitative estimate of drug-likeness (QED) is 0.0427. The first-order valence-electron chi connectivity index (χ1n) is 31.0. The van der Waals surface area contributed by atoms with Gasteiger partial charge in [-0.15, -0.1) is 0 Å². The largest absolute Gasteiger partial charge is 0.394 e. The predicted octanol–water partition coefficient (Wildman–Crippen LogP) is -17.0. The molecule has 0 aromatic rings. The molecule has 8 rings (SSSR count). The van der Waals surface area contributed by atoms with Gasteiger partial charge in [0.15, 0.2) is 50.3 Å². The number of amides is 3. The second kappa shape index (κ2) is 34.5. The lowest BCUT2D eigenvalue weighted by Gasteiger charge is -2.52. The summed E-state index contributed by atoms with van der Waals surface area (Å²) in [7, 11) is 0. The predicted molar refractivity (Wildman–Crippen MR) is 298 cm³/mol. The van der Waals surface area contributed by atoms with E-state index in [9.17, 15) is 127 Å². The minimum Gasteiger partial charge on any atom is -0.394 e. The number of carbonyl (C=O) groups excluding carboxylic acids is 3. The van der Waals surface area contributed by atoms with Crippen molar-refractivity contribution in [1.29, 1.82) is 0 Å². The van der Waals surface area contributed by atoms with Gasteiger partial charge in [-0.05, 0) is 6.92 Å². The number of carbonyl (C=O) groups is 3. The molecule has 40 atom stereocenters. The average Bonchev–Trinajstić information content (AvgIpc) is 0.776. The van der Waals surface area contributed by atoms with E-state index in [1.807, 2.05) is 0 Å². The Bertz CT molecular complexity index is 2490. The first-order valence-corrected chi connectivity index (χ1v) is 31.0. The van der Waals surface area contributed by atoms with Gasteiger partial charge >= 0.3 is 0 Å². The highest BCUT2D eigenvalue weighted by molar-refractivity contribution is 5.74. The van der Waals surface area contributed by atoms with Crippen molar-refractivity contribution in [2.24, 2.45) is 0 Å². The van der Waals surface area contributed by atoms with Crippen LogP contribution >= 0.6 is 0 Å². The van der Waals surface area contributed by atoms with Crippen molar-refractivity contribution in [1.82, 2.24) is 16.0 Å². The van der Waals surface area contributed by atoms with Gasteiger partial charge in [-0.1, -0.05) is 0 Å². The highest BCUT2D eigenvalue weighted by Gasteiger charge is 2.61. The fourth-order valence-corrected chi connectivity index (χ4v) is 12.6. The van der Waals surface area contributed by atoms with Crippen molar-refractivity contribution in [2.45, 2.75) is 273 Å². The fraction of sp³-hybridized carbons (Fsp3) is 0.944. The Morgan fingerprint density at radius 3 is 1.00 bits per heavy atom. The average molecular weight is 1420 g/mol. The molecule has 8 fully saturated rings. The number of rotatable bonds is 24. The maximum atomic E-state index is 13.3. The Kier molecular flexibility index (Phi) is 28.3. The van der Waals surface area contributed by atoms with Crippen molar-refractivity contribution in [3.63, 3.8) is 0 Å². The van der Waals surface area contributed by atoms with Crippen molar-refractivity contribution >= 4 is 17.7 Å². The molecule has 8 heterocycles. The smallest absolute Gasteiger partial charge is 0.217 e. The van der Waals surface area contributed by atoms with Crippen molar-refractivity contribution in [2.75, 3.05) is 46.2 Å². The number of ether oxygens (including phenoxy) is 15. The molecular formula is C54H91N3O40. The molecule has 8 saturated heterocycles. The number of hydrogen-bond donors (Lipinski definition) is 25. The summed E-state index contributed by atoms with van der Waals surface area (Å²) >= 11 is 0. The van der Waals surface area contributed by atoms with E-state index < -0.39 is 309 Å². The lowest BCUT2D eigenvalue weighted by Crippen LogP contribution is -2.71. The monoisotopic (exact) mass is 1420 g/mol. The summed E-state index contributed by atoms with van der Waals surface area (Å²) in [5.74, 6) is -2.76. The molecule has 0 aromatic heterocycles. The van der Waals surface area contributed by atoms with Gasteiger partial charge in [0.05, 0.1) is 52.4 Å². The van der Waals surface area contributed by atoms with Gasteiger partial charge in [-0.3, -0.25) is 14.4 Å². The van der Waals surface area contributed by atoms with Crippen molar-refractivity contribution in [3.05, 3.63) is 0 Å². The molecule has 43 heteroatoms. The zero-order valence-electron chi connectivity index (χ0n) is 52.2. The van der Waals surface area contributed by atoms with Gasteiger partial charge < -0.3 is 199 Å². The second-order valence-electron chi connectivity index (χ2n) is 24.6. The van der Waals surface area contributed by atoms with Crippen LogP contribution in [0.4, 0.5) is 0 Å². The van der Waals surface area contributed by atoms with Crippen LogP contribution in [0.25, 0.3) is 0 Å². The maximum absolute atomic E-state index is 13.3. The standard InChI is InChI=1S/C54H91N3O40/c1-12-26(68)34(76)37(79)51(83-12)97-46-45(96-48-23(55-13(2)65)33(75)27(69)16(5-58)85-48)32(74)21(10-63)90-54(46)93-42-25(57-15(4)67)50(87-18(7-60)29(42)71)95-44-31(73)20(9-62)89-53(39(44)81)92-41-24(56-14(3)66)49(86-17(6-59)28(41)70)94-43-30(72)19(8-61)88-52(38(43)80)91-40-22(11-64)84-47(82)36(78)35(40)77/h12,16-54,58-64,68-82H,5-11H2,1-4H3,(H,55,65)(H,56,66)(H,57,67)/t12-,16+,17+,18+,19+,20+,21+,22+,23+,24+,25+,26+,27-,28+,29+,30-,31-,32-,33+,34+,35+,36+,37-,38+,39+,40+,41+,42+,43-,44-,45-,46+,47+,48+,49-,50-,51-,52-,53-,54-/m0/s1. The van der Waals surface area contributed by atoms with Crippen LogP contribution in [0.15, 0.2) is 0 Å². The second-order valence-corrected chi connectivity index (χ2v) is 24.6. The molecule has 0 aliphatic carbocycles. The number of aliphatic hydroxyl groups is 22. The molecule has 0 aromatic carbocycles.